The summed E-state index contributed by atoms with van der Waals surface area (Å²) in [4.78, 5) is 2.19. The summed E-state index contributed by atoms with van der Waals surface area (Å²) in [6.45, 7) is 2.07. The second-order valence-corrected chi connectivity index (χ2v) is 4.48. The van der Waals surface area contributed by atoms with Gasteiger partial charge < -0.3 is 9.64 Å². The number of hydrogen-bond acceptors (Lipinski definition) is 2. The summed E-state index contributed by atoms with van der Waals surface area (Å²) in [6.07, 6.45) is 4.41. The highest BCUT2D eigenvalue weighted by Gasteiger charge is 2.14. The Labute approximate surface area is 103 Å². The number of ether oxygens (including phenoxy) is 1. The van der Waals surface area contributed by atoms with Crippen molar-refractivity contribution >= 4 is 5.84 Å². The van der Waals surface area contributed by atoms with Crippen LogP contribution in [0.5, 0.6) is 5.75 Å². The van der Waals surface area contributed by atoms with Gasteiger partial charge in [-0.15, -0.1) is 0 Å². The molecule has 3 nitrogen and oxygen atoms in total. The maximum atomic E-state index is 8.16. The molecule has 1 aliphatic rings. The molecule has 1 fully saturated rings. The Bertz CT molecular complexity index is 384. The van der Waals surface area contributed by atoms with Crippen molar-refractivity contribution in [2.75, 3.05) is 20.2 Å². The average Bonchev–Trinajstić information content (AvgIpc) is 2.40. The van der Waals surface area contributed by atoms with Crippen molar-refractivity contribution in [3.05, 3.63) is 29.8 Å². The van der Waals surface area contributed by atoms with Crippen molar-refractivity contribution in [2.45, 2.75) is 25.7 Å². The van der Waals surface area contributed by atoms with Crippen molar-refractivity contribution in [2.24, 2.45) is 0 Å². The van der Waals surface area contributed by atoms with E-state index in [0.29, 0.717) is 12.3 Å². The third kappa shape index (κ3) is 2.99. The lowest BCUT2D eigenvalue weighted by Gasteiger charge is -2.29. The lowest BCUT2D eigenvalue weighted by molar-refractivity contribution is 0.335. The first-order valence-corrected chi connectivity index (χ1v) is 6.25. The van der Waals surface area contributed by atoms with E-state index in [-0.39, 0.29) is 0 Å². The topological polar surface area (TPSA) is 36.3 Å². The van der Waals surface area contributed by atoms with E-state index in [0.717, 1.165) is 24.4 Å². The number of hydrogen-bond donors (Lipinski definition) is 1. The molecule has 0 aromatic heterocycles. The minimum Gasteiger partial charge on any atom is -0.496 e. The Morgan fingerprint density at radius 1 is 1.24 bits per heavy atom. The minimum atomic E-state index is 0.671. The zero-order chi connectivity index (χ0) is 12.1. The van der Waals surface area contributed by atoms with E-state index in [1.165, 1.54) is 19.3 Å². The van der Waals surface area contributed by atoms with Gasteiger partial charge in [-0.05, 0) is 25.3 Å². The molecule has 1 N–H and O–H groups in total. The second kappa shape index (κ2) is 5.71. The number of rotatable bonds is 3. The van der Waals surface area contributed by atoms with Crippen LogP contribution in [0.4, 0.5) is 0 Å². The molecule has 0 atom stereocenters. The van der Waals surface area contributed by atoms with E-state index in [2.05, 4.69) is 4.90 Å². The molecule has 0 aliphatic carbocycles. The molecule has 17 heavy (non-hydrogen) atoms. The van der Waals surface area contributed by atoms with Gasteiger partial charge in [0.2, 0.25) is 0 Å². The number of nitrogens with one attached hydrogen (secondary N) is 1. The Morgan fingerprint density at radius 2 is 1.94 bits per heavy atom. The molecule has 0 bridgehead atoms. The highest BCUT2D eigenvalue weighted by atomic mass is 16.5. The zero-order valence-corrected chi connectivity index (χ0v) is 10.4. The molecular formula is C14H20N2O. The smallest absolute Gasteiger partial charge is 0.122 e. The molecule has 1 aliphatic heterocycles. The Balaban J connectivity index is 2.01. The third-order valence-corrected chi connectivity index (χ3v) is 3.29. The van der Waals surface area contributed by atoms with Gasteiger partial charge in [0.25, 0.3) is 0 Å². The molecule has 3 heteroatoms. The van der Waals surface area contributed by atoms with Crippen LogP contribution in [0.25, 0.3) is 0 Å². The van der Waals surface area contributed by atoms with Gasteiger partial charge >= 0.3 is 0 Å². The van der Waals surface area contributed by atoms with Crippen LogP contribution >= 0.6 is 0 Å². The average molecular weight is 232 g/mol. The van der Waals surface area contributed by atoms with Gasteiger partial charge in [0.1, 0.15) is 11.6 Å². The summed E-state index contributed by atoms with van der Waals surface area (Å²) < 4.78 is 5.32. The monoisotopic (exact) mass is 232 g/mol. The fourth-order valence-electron chi connectivity index (χ4n) is 2.31. The number of likely N-dealkylation sites (tertiary alicyclic amines) is 1. The molecule has 1 saturated heterocycles. The molecule has 0 radical (unpaired) electrons. The van der Waals surface area contributed by atoms with Crippen molar-refractivity contribution in [1.29, 1.82) is 5.41 Å². The van der Waals surface area contributed by atoms with E-state index < -0.39 is 0 Å². The minimum absolute atomic E-state index is 0.671. The van der Waals surface area contributed by atoms with Crippen LogP contribution < -0.4 is 4.74 Å². The van der Waals surface area contributed by atoms with Gasteiger partial charge in [0.15, 0.2) is 0 Å². The van der Waals surface area contributed by atoms with Crippen LogP contribution in [0.2, 0.25) is 0 Å². The molecule has 92 valence electrons. The Hall–Kier alpha value is -1.51. The molecule has 2 rings (SSSR count). The fourth-order valence-corrected chi connectivity index (χ4v) is 2.31. The third-order valence-electron chi connectivity index (χ3n) is 3.29. The normalized spacial score (nSPS) is 15.7. The lowest BCUT2D eigenvalue weighted by atomic mass is 10.1. The first-order chi connectivity index (χ1) is 8.31. The number of piperidine rings is 1. The number of nitrogens with zero attached hydrogens (tertiary/aromatic N) is 1. The van der Waals surface area contributed by atoms with Crippen molar-refractivity contribution in [3.8, 4) is 5.75 Å². The summed E-state index contributed by atoms with van der Waals surface area (Å²) in [5.41, 5.74) is 1.10. The van der Waals surface area contributed by atoms with Crippen molar-refractivity contribution < 1.29 is 4.74 Å². The second-order valence-electron chi connectivity index (χ2n) is 4.48. The number of benzene rings is 1. The van der Waals surface area contributed by atoms with Gasteiger partial charge in [-0.1, -0.05) is 18.2 Å². The highest BCUT2D eigenvalue weighted by Crippen LogP contribution is 2.19. The van der Waals surface area contributed by atoms with Crippen LogP contribution in [0.3, 0.4) is 0 Å². The standard InChI is InChI=1S/C14H20N2O/c1-17-13-8-4-3-7-12(13)11-14(15)16-9-5-2-6-10-16/h3-4,7-8,15H,2,5-6,9-11H2,1H3. The molecule has 0 spiro atoms. The fraction of sp³-hybridized carbons (Fsp3) is 0.500. The molecule has 0 saturated carbocycles. The predicted molar refractivity (Wildman–Crippen MR) is 69.8 cm³/mol. The first-order valence-electron chi connectivity index (χ1n) is 6.25. The van der Waals surface area contributed by atoms with E-state index >= 15 is 0 Å². The number of amidine groups is 1. The highest BCUT2D eigenvalue weighted by molar-refractivity contribution is 5.82. The summed E-state index contributed by atoms with van der Waals surface area (Å²) in [7, 11) is 1.68. The summed E-state index contributed by atoms with van der Waals surface area (Å²) >= 11 is 0. The Kier molecular flexibility index (Phi) is 4.02. The van der Waals surface area contributed by atoms with Crippen LogP contribution in [-0.4, -0.2) is 30.9 Å². The van der Waals surface area contributed by atoms with Gasteiger partial charge in [0, 0.05) is 25.1 Å². The maximum Gasteiger partial charge on any atom is 0.122 e. The molecule has 1 aromatic rings. The van der Waals surface area contributed by atoms with E-state index in [9.17, 15) is 0 Å². The quantitative estimate of drug-likeness (QED) is 0.642. The number of para-hydroxylation sites is 1. The van der Waals surface area contributed by atoms with Gasteiger partial charge in [-0.2, -0.15) is 0 Å². The van der Waals surface area contributed by atoms with Gasteiger partial charge in [-0.25, -0.2) is 0 Å². The molecule has 0 unspecified atom stereocenters. The van der Waals surface area contributed by atoms with E-state index in [4.69, 9.17) is 10.1 Å². The van der Waals surface area contributed by atoms with Crippen molar-refractivity contribution in [1.82, 2.24) is 4.90 Å². The molecular weight excluding hydrogens is 212 g/mol. The largest absolute Gasteiger partial charge is 0.496 e. The van der Waals surface area contributed by atoms with Crippen LogP contribution in [0.1, 0.15) is 24.8 Å². The van der Waals surface area contributed by atoms with Crippen LogP contribution in [0.15, 0.2) is 24.3 Å². The SMILES string of the molecule is COc1ccccc1CC(=N)N1CCCCC1. The van der Waals surface area contributed by atoms with Gasteiger partial charge in [-0.3, -0.25) is 5.41 Å². The predicted octanol–water partition coefficient (Wildman–Crippen LogP) is 2.70. The molecule has 0 amide bonds. The van der Waals surface area contributed by atoms with Gasteiger partial charge in [0.05, 0.1) is 7.11 Å². The summed E-state index contributed by atoms with van der Waals surface area (Å²) in [5.74, 6) is 1.60. The maximum absolute atomic E-state index is 8.16. The lowest BCUT2D eigenvalue weighted by Crippen LogP contribution is -2.36. The number of methoxy groups -OCH3 is 1. The van der Waals surface area contributed by atoms with Crippen LogP contribution in [-0.2, 0) is 6.42 Å². The Morgan fingerprint density at radius 3 is 2.65 bits per heavy atom. The first kappa shape index (κ1) is 12.0. The summed E-state index contributed by atoms with van der Waals surface area (Å²) in [5, 5.41) is 8.16. The molecule has 1 heterocycles. The van der Waals surface area contributed by atoms with Crippen molar-refractivity contribution in [3.63, 3.8) is 0 Å². The van der Waals surface area contributed by atoms with E-state index in [1.807, 2.05) is 24.3 Å². The van der Waals surface area contributed by atoms with Crippen LogP contribution in [0, 0.1) is 5.41 Å². The zero-order valence-electron chi connectivity index (χ0n) is 10.4. The van der Waals surface area contributed by atoms with E-state index in [1.54, 1.807) is 7.11 Å². The summed E-state index contributed by atoms with van der Waals surface area (Å²) in [6, 6.07) is 7.96. The molecule has 1 aromatic carbocycles.